The molecule has 1 aromatic rings. The van der Waals surface area contributed by atoms with Crippen LogP contribution in [0, 0.1) is 11.3 Å². The maximum absolute atomic E-state index is 11.3. The first-order valence-electron chi connectivity index (χ1n) is 10.6. The van der Waals surface area contributed by atoms with Crippen molar-refractivity contribution >= 4 is 5.97 Å². The third kappa shape index (κ3) is 4.00. The lowest BCUT2D eigenvalue weighted by Gasteiger charge is -2.52. The molecule has 3 rings (SSSR count). The molecule has 0 spiro atoms. The topological polar surface area (TPSA) is 89.8 Å². The lowest BCUT2D eigenvalue weighted by Crippen LogP contribution is -2.50. The third-order valence-electron chi connectivity index (χ3n) is 6.86. The molecule has 0 saturated heterocycles. The number of aliphatic hydroxyl groups excluding tert-OH is 1. The number of hydrogen-bond donors (Lipinski definition) is 2. The van der Waals surface area contributed by atoms with Crippen LogP contribution >= 0.6 is 0 Å². The quantitative estimate of drug-likeness (QED) is 0.699. The molecule has 0 amide bonds. The van der Waals surface area contributed by atoms with E-state index < -0.39 is 17.0 Å². The van der Waals surface area contributed by atoms with Crippen molar-refractivity contribution in [1.82, 2.24) is 0 Å². The van der Waals surface area contributed by atoms with Crippen LogP contribution in [0.25, 0.3) is 0 Å². The highest BCUT2D eigenvalue weighted by Gasteiger charge is 2.51. The van der Waals surface area contributed by atoms with Crippen molar-refractivity contribution in [2.45, 2.75) is 83.7 Å². The van der Waals surface area contributed by atoms with E-state index in [1.807, 2.05) is 12.1 Å². The summed E-state index contributed by atoms with van der Waals surface area (Å²) in [5, 5.41) is 32.2. The fraction of sp³-hybridized carbons (Fsp3) is 0.696. The first-order valence-corrected chi connectivity index (χ1v) is 10.6. The summed E-state index contributed by atoms with van der Waals surface area (Å²) in [6.45, 7) is 6.12. The molecule has 0 radical (unpaired) electrons. The van der Waals surface area contributed by atoms with Gasteiger partial charge in [-0.25, -0.2) is 0 Å². The summed E-state index contributed by atoms with van der Waals surface area (Å²) in [7, 11) is 0. The van der Waals surface area contributed by atoms with Crippen LogP contribution in [-0.2, 0) is 11.2 Å². The van der Waals surface area contributed by atoms with Crippen LogP contribution in [0.2, 0.25) is 0 Å². The van der Waals surface area contributed by atoms with Gasteiger partial charge in [-0.3, -0.25) is 0 Å². The Kier molecular flexibility index (Phi) is 5.95. The minimum atomic E-state index is -1.13. The van der Waals surface area contributed by atoms with Crippen LogP contribution in [0.4, 0.5) is 0 Å². The van der Waals surface area contributed by atoms with E-state index in [2.05, 4.69) is 20.8 Å². The van der Waals surface area contributed by atoms with Gasteiger partial charge in [-0.15, -0.1) is 0 Å². The van der Waals surface area contributed by atoms with Gasteiger partial charge in [-0.2, -0.15) is 0 Å². The molecule has 1 saturated carbocycles. The molecule has 0 aromatic heterocycles. The zero-order chi connectivity index (χ0) is 20.5. The molecule has 3 atom stereocenters. The molecule has 2 N–H and O–H groups in total. The van der Waals surface area contributed by atoms with Crippen molar-refractivity contribution in [3.05, 3.63) is 23.3 Å². The first kappa shape index (κ1) is 21.0. The zero-order valence-corrected chi connectivity index (χ0v) is 17.3. The van der Waals surface area contributed by atoms with Crippen molar-refractivity contribution in [2.75, 3.05) is 6.61 Å². The SMILES string of the molecule is CCCCCc1cc(O)c2c(c1)OC(C)(C)[C@@H]1CCC(CO)(CC(=O)[O-])C[C@@H]21. The van der Waals surface area contributed by atoms with Gasteiger partial charge in [0.05, 0.1) is 0 Å². The number of carbonyl (C=O) groups is 1. The molecule has 0 bridgehead atoms. The summed E-state index contributed by atoms with van der Waals surface area (Å²) in [6, 6.07) is 3.87. The molecule has 2 aliphatic rings. The summed E-state index contributed by atoms with van der Waals surface area (Å²) >= 11 is 0. The number of rotatable bonds is 7. The maximum Gasteiger partial charge on any atom is 0.127 e. The number of aliphatic hydroxyl groups is 1. The number of aromatic hydroxyl groups is 1. The molecule has 28 heavy (non-hydrogen) atoms. The number of phenolic OH excluding ortho intramolecular Hbond substituents is 1. The van der Waals surface area contributed by atoms with Gasteiger partial charge >= 0.3 is 0 Å². The number of hydrogen-bond acceptors (Lipinski definition) is 5. The Hall–Kier alpha value is -1.75. The van der Waals surface area contributed by atoms with E-state index in [9.17, 15) is 20.1 Å². The zero-order valence-electron chi connectivity index (χ0n) is 17.3. The second-order valence-electron chi connectivity index (χ2n) is 9.35. The minimum Gasteiger partial charge on any atom is -0.550 e. The number of carboxylic acid groups (broad SMARTS) is 1. The molecule has 5 heteroatoms. The van der Waals surface area contributed by atoms with Gasteiger partial charge in [0.1, 0.15) is 17.1 Å². The fourth-order valence-corrected chi connectivity index (χ4v) is 5.38. The molecule has 156 valence electrons. The average molecular weight is 390 g/mol. The second-order valence-corrected chi connectivity index (χ2v) is 9.35. The fourth-order valence-electron chi connectivity index (χ4n) is 5.38. The summed E-state index contributed by atoms with van der Waals surface area (Å²) in [5.41, 5.74) is 0.740. The van der Waals surface area contributed by atoms with Gasteiger partial charge in [-0.1, -0.05) is 19.8 Å². The van der Waals surface area contributed by atoms with Gasteiger partial charge < -0.3 is 24.9 Å². The van der Waals surface area contributed by atoms with E-state index in [1.54, 1.807) is 0 Å². The largest absolute Gasteiger partial charge is 0.550 e. The van der Waals surface area contributed by atoms with Crippen LogP contribution in [-0.4, -0.2) is 28.4 Å². The maximum atomic E-state index is 11.3. The van der Waals surface area contributed by atoms with Crippen molar-refractivity contribution < 1.29 is 24.9 Å². The molecule has 1 aliphatic heterocycles. The molecular weight excluding hydrogens is 356 g/mol. The number of phenols is 1. The Morgan fingerprint density at radius 2 is 2.07 bits per heavy atom. The molecule has 1 fully saturated rings. The number of benzene rings is 1. The predicted molar refractivity (Wildman–Crippen MR) is 105 cm³/mol. The lowest BCUT2D eigenvalue weighted by molar-refractivity contribution is -0.309. The first-order chi connectivity index (χ1) is 13.2. The third-order valence-corrected chi connectivity index (χ3v) is 6.86. The average Bonchev–Trinajstić information content (AvgIpc) is 2.60. The number of carbonyl (C=O) groups excluding carboxylic acids is 1. The van der Waals surface area contributed by atoms with Gasteiger partial charge in [0, 0.05) is 24.1 Å². The van der Waals surface area contributed by atoms with Crippen LogP contribution in [0.15, 0.2) is 12.1 Å². The van der Waals surface area contributed by atoms with Gasteiger partial charge in [-0.05, 0) is 81.4 Å². The highest BCUT2D eigenvalue weighted by molar-refractivity contribution is 5.65. The van der Waals surface area contributed by atoms with Crippen LogP contribution < -0.4 is 9.84 Å². The number of fused-ring (bicyclic) bond motifs is 3. The van der Waals surface area contributed by atoms with Gasteiger partial charge in [0.25, 0.3) is 0 Å². The Morgan fingerprint density at radius 3 is 2.71 bits per heavy atom. The summed E-state index contributed by atoms with van der Waals surface area (Å²) in [5.74, 6) is -0.0619. The predicted octanol–water partition coefficient (Wildman–Crippen LogP) is 3.30. The van der Waals surface area contributed by atoms with Crippen molar-refractivity contribution in [3.63, 3.8) is 0 Å². The van der Waals surface area contributed by atoms with Crippen molar-refractivity contribution in [2.24, 2.45) is 11.3 Å². The Bertz CT molecular complexity index is 726. The second kappa shape index (κ2) is 7.94. The highest BCUT2D eigenvalue weighted by atomic mass is 16.5. The molecule has 1 heterocycles. The van der Waals surface area contributed by atoms with Crippen LogP contribution in [0.3, 0.4) is 0 Å². The van der Waals surface area contributed by atoms with E-state index >= 15 is 0 Å². The molecule has 1 aromatic carbocycles. The van der Waals surface area contributed by atoms with Crippen molar-refractivity contribution in [3.8, 4) is 11.5 Å². The number of ether oxygens (including phenoxy) is 1. The van der Waals surface area contributed by atoms with E-state index in [0.717, 1.165) is 43.2 Å². The number of aryl methyl sites for hydroxylation is 1. The monoisotopic (exact) mass is 389 g/mol. The van der Waals surface area contributed by atoms with Gasteiger partial charge in [0.2, 0.25) is 0 Å². The minimum absolute atomic E-state index is 0.0382. The summed E-state index contributed by atoms with van der Waals surface area (Å²) in [4.78, 5) is 11.3. The Labute approximate surface area is 167 Å². The molecule has 1 aliphatic carbocycles. The highest BCUT2D eigenvalue weighted by Crippen LogP contribution is 2.58. The van der Waals surface area contributed by atoms with E-state index in [1.165, 1.54) is 0 Å². The Balaban J connectivity index is 1.97. The van der Waals surface area contributed by atoms with E-state index in [-0.39, 0.29) is 30.6 Å². The Morgan fingerprint density at radius 1 is 1.32 bits per heavy atom. The van der Waals surface area contributed by atoms with E-state index in [4.69, 9.17) is 4.74 Å². The van der Waals surface area contributed by atoms with Crippen LogP contribution in [0.5, 0.6) is 11.5 Å². The summed E-state index contributed by atoms with van der Waals surface area (Å²) < 4.78 is 6.35. The number of carboxylic acids is 1. The number of unbranched alkanes of at least 4 members (excludes halogenated alkanes) is 2. The molecule has 5 nitrogen and oxygen atoms in total. The van der Waals surface area contributed by atoms with Crippen LogP contribution in [0.1, 0.15) is 82.8 Å². The summed E-state index contributed by atoms with van der Waals surface area (Å²) in [6.07, 6.45) is 6.01. The standard InChI is InChI=1S/C23H34O5/c1-4-5-6-7-15-10-18(25)21-16-12-23(14-24,13-20(26)27)9-8-17(16)22(2,3)28-19(21)11-15/h10-11,16-17,24-25H,4-9,12-14H2,1-3H3,(H,26,27)/p-1/t16-,17-,23?/m1/s1. The van der Waals surface area contributed by atoms with Crippen molar-refractivity contribution in [1.29, 1.82) is 0 Å². The van der Waals surface area contributed by atoms with E-state index in [0.29, 0.717) is 18.6 Å². The smallest absolute Gasteiger partial charge is 0.127 e. The normalized spacial score (nSPS) is 28.1. The molecule has 1 unspecified atom stereocenters. The van der Waals surface area contributed by atoms with Gasteiger partial charge in [0.15, 0.2) is 0 Å². The number of aliphatic carboxylic acids is 1. The molecular formula is C23H33O5-. The lowest BCUT2D eigenvalue weighted by atomic mass is 9.58.